The SMILES string of the molecule is CC(C)n1ncnc1CC1(C#N)CCC1. The Morgan fingerprint density at radius 1 is 1.60 bits per heavy atom. The van der Waals surface area contributed by atoms with Gasteiger partial charge in [-0.25, -0.2) is 9.67 Å². The van der Waals surface area contributed by atoms with Gasteiger partial charge in [0.2, 0.25) is 0 Å². The van der Waals surface area contributed by atoms with E-state index in [0.29, 0.717) is 6.04 Å². The van der Waals surface area contributed by atoms with Crippen molar-refractivity contribution in [2.24, 2.45) is 5.41 Å². The summed E-state index contributed by atoms with van der Waals surface area (Å²) in [6.45, 7) is 4.16. The van der Waals surface area contributed by atoms with Gasteiger partial charge in [-0.05, 0) is 26.7 Å². The third-order valence-electron chi connectivity index (χ3n) is 3.18. The first-order valence-electron chi connectivity index (χ1n) is 5.46. The molecule has 1 fully saturated rings. The highest BCUT2D eigenvalue weighted by atomic mass is 15.3. The Hall–Kier alpha value is -1.37. The topological polar surface area (TPSA) is 54.5 Å². The Kier molecular flexibility index (Phi) is 2.47. The quantitative estimate of drug-likeness (QED) is 0.757. The molecule has 1 heterocycles. The van der Waals surface area contributed by atoms with E-state index in [1.54, 1.807) is 6.33 Å². The summed E-state index contributed by atoms with van der Waals surface area (Å²) >= 11 is 0. The fourth-order valence-corrected chi connectivity index (χ4v) is 2.07. The normalized spacial score (nSPS) is 18.5. The maximum absolute atomic E-state index is 9.16. The van der Waals surface area contributed by atoms with Crippen LogP contribution in [0.4, 0.5) is 0 Å². The number of rotatable bonds is 3. The van der Waals surface area contributed by atoms with E-state index in [0.717, 1.165) is 25.1 Å². The largest absolute Gasteiger partial charge is 0.248 e. The molecule has 15 heavy (non-hydrogen) atoms. The first kappa shape index (κ1) is 10.2. The third-order valence-corrected chi connectivity index (χ3v) is 3.18. The molecule has 0 radical (unpaired) electrons. The molecule has 4 heteroatoms. The van der Waals surface area contributed by atoms with E-state index in [4.69, 9.17) is 5.26 Å². The summed E-state index contributed by atoms with van der Waals surface area (Å²) in [5, 5.41) is 13.3. The van der Waals surface area contributed by atoms with Gasteiger partial charge in [-0.2, -0.15) is 10.4 Å². The summed E-state index contributed by atoms with van der Waals surface area (Å²) in [6, 6.07) is 2.76. The van der Waals surface area contributed by atoms with Gasteiger partial charge in [0, 0.05) is 12.5 Å². The van der Waals surface area contributed by atoms with Crippen LogP contribution in [0, 0.1) is 16.7 Å². The van der Waals surface area contributed by atoms with Crippen LogP contribution in [-0.2, 0) is 6.42 Å². The molecule has 4 nitrogen and oxygen atoms in total. The maximum atomic E-state index is 9.16. The van der Waals surface area contributed by atoms with E-state index >= 15 is 0 Å². The van der Waals surface area contributed by atoms with Crippen LogP contribution in [-0.4, -0.2) is 14.8 Å². The fourth-order valence-electron chi connectivity index (χ4n) is 2.07. The summed E-state index contributed by atoms with van der Waals surface area (Å²) in [6.07, 6.45) is 5.52. The number of hydrogen-bond donors (Lipinski definition) is 0. The van der Waals surface area contributed by atoms with Gasteiger partial charge in [0.25, 0.3) is 0 Å². The summed E-state index contributed by atoms with van der Waals surface area (Å²) in [4.78, 5) is 4.25. The van der Waals surface area contributed by atoms with Crippen molar-refractivity contribution in [1.29, 1.82) is 5.26 Å². The van der Waals surface area contributed by atoms with Crippen LogP contribution in [0.1, 0.15) is 45.0 Å². The van der Waals surface area contributed by atoms with Crippen molar-refractivity contribution in [2.45, 2.75) is 45.6 Å². The van der Waals surface area contributed by atoms with Crippen molar-refractivity contribution in [1.82, 2.24) is 14.8 Å². The lowest BCUT2D eigenvalue weighted by molar-refractivity contribution is 0.206. The summed E-state index contributed by atoms with van der Waals surface area (Å²) in [5.74, 6) is 0.950. The molecule has 1 aliphatic rings. The number of hydrogen-bond acceptors (Lipinski definition) is 3. The van der Waals surface area contributed by atoms with Gasteiger partial charge in [-0.3, -0.25) is 0 Å². The van der Waals surface area contributed by atoms with Gasteiger partial charge in [0.1, 0.15) is 12.2 Å². The standard InChI is InChI=1S/C11H16N4/c1-9(2)15-10(13-8-14-15)6-11(7-12)4-3-5-11/h8-9H,3-6H2,1-2H3. The van der Waals surface area contributed by atoms with Gasteiger partial charge in [-0.1, -0.05) is 6.42 Å². The molecule has 0 bridgehead atoms. The molecule has 0 spiro atoms. The van der Waals surface area contributed by atoms with Crippen molar-refractivity contribution < 1.29 is 0 Å². The van der Waals surface area contributed by atoms with E-state index in [-0.39, 0.29) is 5.41 Å². The Morgan fingerprint density at radius 2 is 2.33 bits per heavy atom. The molecule has 0 unspecified atom stereocenters. The fraction of sp³-hybridized carbons (Fsp3) is 0.727. The molecule has 0 N–H and O–H groups in total. The van der Waals surface area contributed by atoms with Crippen LogP contribution >= 0.6 is 0 Å². The monoisotopic (exact) mass is 204 g/mol. The lowest BCUT2D eigenvalue weighted by Crippen LogP contribution is -2.31. The van der Waals surface area contributed by atoms with Gasteiger partial charge in [0.15, 0.2) is 0 Å². The molecule has 2 rings (SSSR count). The highest BCUT2D eigenvalue weighted by Gasteiger charge is 2.38. The molecule has 0 atom stereocenters. The van der Waals surface area contributed by atoms with Gasteiger partial charge in [0.05, 0.1) is 11.5 Å². The van der Waals surface area contributed by atoms with Crippen LogP contribution in [0.25, 0.3) is 0 Å². The van der Waals surface area contributed by atoms with Crippen LogP contribution in [0.5, 0.6) is 0 Å². The summed E-state index contributed by atoms with van der Waals surface area (Å²) < 4.78 is 1.91. The lowest BCUT2D eigenvalue weighted by atomic mass is 9.68. The highest BCUT2D eigenvalue weighted by Crippen LogP contribution is 2.42. The molecule has 80 valence electrons. The van der Waals surface area contributed by atoms with E-state index in [9.17, 15) is 0 Å². The minimum absolute atomic E-state index is 0.153. The molecular weight excluding hydrogens is 188 g/mol. The van der Waals surface area contributed by atoms with Gasteiger partial charge in [-0.15, -0.1) is 0 Å². The Labute approximate surface area is 89.9 Å². The molecule has 0 amide bonds. The van der Waals surface area contributed by atoms with E-state index in [1.807, 2.05) is 4.68 Å². The minimum Gasteiger partial charge on any atom is -0.248 e. The number of nitriles is 1. The third kappa shape index (κ3) is 1.74. The Balaban J connectivity index is 2.17. The van der Waals surface area contributed by atoms with Crippen LogP contribution in [0.15, 0.2) is 6.33 Å². The van der Waals surface area contributed by atoms with Crippen LogP contribution < -0.4 is 0 Å². The van der Waals surface area contributed by atoms with Crippen LogP contribution in [0.3, 0.4) is 0 Å². The first-order valence-corrected chi connectivity index (χ1v) is 5.46. The zero-order valence-electron chi connectivity index (χ0n) is 9.27. The second-order valence-corrected chi connectivity index (χ2v) is 4.64. The van der Waals surface area contributed by atoms with Crippen molar-refractivity contribution in [2.75, 3.05) is 0 Å². The van der Waals surface area contributed by atoms with Crippen molar-refractivity contribution in [3.8, 4) is 6.07 Å². The van der Waals surface area contributed by atoms with Gasteiger partial charge < -0.3 is 0 Å². The van der Waals surface area contributed by atoms with Crippen LogP contribution in [0.2, 0.25) is 0 Å². The van der Waals surface area contributed by atoms with Crippen molar-refractivity contribution in [3.63, 3.8) is 0 Å². The Bertz CT molecular complexity index is 382. The van der Waals surface area contributed by atoms with Crippen molar-refractivity contribution in [3.05, 3.63) is 12.2 Å². The zero-order chi connectivity index (χ0) is 10.9. The zero-order valence-corrected chi connectivity index (χ0v) is 9.27. The lowest BCUT2D eigenvalue weighted by Gasteiger charge is -2.34. The summed E-state index contributed by atoms with van der Waals surface area (Å²) in [7, 11) is 0. The second-order valence-electron chi connectivity index (χ2n) is 4.64. The predicted molar refractivity (Wildman–Crippen MR) is 56.0 cm³/mol. The smallest absolute Gasteiger partial charge is 0.138 e. The summed E-state index contributed by atoms with van der Waals surface area (Å²) in [5.41, 5.74) is -0.153. The molecule has 0 aliphatic heterocycles. The first-order chi connectivity index (χ1) is 7.17. The molecule has 0 aromatic carbocycles. The average molecular weight is 204 g/mol. The number of aromatic nitrogens is 3. The highest BCUT2D eigenvalue weighted by molar-refractivity contribution is 5.10. The predicted octanol–water partition coefficient (Wildman–Crippen LogP) is 2.10. The Morgan fingerprint density at radius 3 is 2.80 bits per heavy atom. The van der Waals surface area contributed by atoms with Gasteiger partial charge >= 0.3 is 0 Å². The molecular formula is C11H16N4. The molecule has 1 aromatic heterocycles. The van der Waals surface area contributed by atoms with Crippen molar-refractivity contribution >= 4 is 0 Å². The molecule has 0 saturated heterocycles. The van der Waals surface area contributed by atoms with E-state index in [2.05, 4.69) is 30.0 Å². The molecule has 1 saturated carbocycles. The average Bonchev–Trinajstić information content (AvgIpc) is 2.59. The number of nitrogens with zero attached hydrogens (tertiary/aromatic N) is 4. The van der Waals surface area contributed by atoms with E-state index in [1.165, 1.54) is 6.42 Å². The molecule has 1 aliphatic carbocycles. The molecule has 1 aromatic rings. The second kappa shape index (κ2) is 3.65. The van der Waals surface area contributed by atoms with E-state index < -0.39 is 0 Å². The maximum Gasteiger partial charge on any atom is 0.138 e. The minimum atomic E-state index is -0.153.